The fraction of sp³-hybridized carbons (Fsp3) is 0.158. The first-order valence-corrected chi connectivity index (χ1v) is 9.24. The molecule has 3 rings (SSSR count). The zero-order valence-electron chi connectivity index (χ0n) is 13.7. The van der Waals surface area contributed by atoms with Gasteiger partial charge in [-0.1, -0.05) is 54.6 Å². The van der Waals surface area contributed by atoms with E-state index < -0.39 is 0 Å². The van der Waals surface area contributed by atoms with Crippen LogP contribution in [0.1, 0.15) is 12.5 Å². The van der Waals surface area contributed by atoms with Gasteiger partial charge in [0.15, 0.2) is 5.76 Å². The Morgan fingerprint density at radius 2 is 2.04 bits per heavy atom. The Morgan fingerprint density at radius 3 is 2.76 bits per heavy atom. The molecule has 0 saturated heterocycles. The van der Waals surface area contributed by atoms with E-state index in [2.05, 4.69) is 17.2 Å². The number of halogens is 1. The predicted molar refractivity (Wildman–Crippen MR) is 102 cm³/mol. The van der Waals surface area contributed by atoms with Crippen molar-refractivity contribution in [3.05, 3.63) is 65.3 Å². The molecule has 1 heterocycles. The van der Waals surface area contributed by atoms with Gasteiger partial charge in [-0.05, 0) is 36.2 Å². The fourth-order valence-electron chi connectivity index (χ4n) is 2.25. The van der Waals surface area contributed by atoms with Crippen molar-refractivity contribution in [2.75, 3.05) is 11.1 Å². The Balaban J connectivity index is 1.55. The van der Waals surface area contributed by atoms with Gasteiger partial charge < -0.3 is 9.73 Å². The van der Waals surface area contributed by atoms with Crippen molar-refractivity contribution in [3.8, 4) is 11.3 Å². The molecule has 3 aromatic rings. The third kappa shape index (κ3) is 4.87. The number of carbonyl (C=O) groups excluding carboxylic acids is 1. The largest absolute Gasteiger partial charge is 0.431 e. The number of anilines is 1. The van der Waals surface area contributed by atoms with Gasteiger partial charge in [-0.3, -0.25) is 4.79 Å². The van der Waals surface area contributed by atoms with Crippen LogP contribution in [0.3, 0.4) is 0 Å². The number of nitrogens with zero attached hydrogens (tertiary/aromatic N) is 1. The highest BCUT2D eigenvalue weighted by atomic mass is 35.5. The molecule has 0 saturated carbocycles. The third-order valence-corrected chi connectivity index (χ3v) is 4.64. The van der Waals surface area contributed by atoms with Gasteiger partial charge in [0.25, 0.3) is 5.22 Å². The quantitative estimate of drug-likeness (QED) is 0.597. The maximum Gasteiger partial charge on any atom is 0.256 e. The maximum atomic E-state index is 12.0. The molecule has 1 N–H and O–H groups in total. The molecule has 1 aromatic heterocycles. The van der Waals surface area contributed by atoms with Gasteiger partial charge in [-0.25, -0.2) is 4.98 Å². The Bertz CT molecular complexity index is 862. The number of amides is 1. The van der Waals surface area contributed by atoms with Crippen molar-refractivity contribution in [2.24, 2.45) is 0 Å². The highest BCUT2D eigenvalue weighted by Crippen LogP contribution is 2.27. The molecule has 0 atom stereocenters. The highest BCUT2D eigenvalue weighted by Gasteiger charge is 2.10. The number of hydrogen-bond donors (Lipinski definition) is 1. The van der Waals surface area contributed by atoms with E-state index in [4.69, 9.17) is 16.0 Å². The van der Waals surface area contributed by atoms with E-state index in [-0.39, 0.29) is 11.7 Å². The smallest absolute Gasteiger partial charge is 0.256 e. The van der Waals surface area contributed by atoms with Crippen molar-refractivity contribution in [3.63, 3.8) is 0 Å². The summed E-state index contributed by atoms with van der Waals surface area (Å²) in [7, 11) is 0. The van der Waals surface area contributed by atoms with Crippen molar-refractivity contribution < 1.29 is 9.21 Å². The molecular formula is C19H17ClN2O2S. The van der Waals surface area contributed by atoms with Crippen molar-refractivity contribution >= 4 is 35.0 Å². The minimum absolute atomic E-state index is 0.100. The number of rotatable bonds is 6. The first-order chi connectivity index (χ1) is 12.1. The van der Waals surface area contributed by atoms with Crippen LogP contribution in [0.5, 0.6) is 0 Å². The molecule has 1 amide bonds. The van der Waals surface area contributed by atoms with Crippen LogP contribution in [0.15, 0.2) is 64.4 Å². The Morgan fingerprint density at radius 1 is 1.24 bits per heavy atom. The van der Waals surface area contributed by atoms with Gasteiger partial charge in [0.1, 0.15) is 0 Å². The van der Waals surface area contributed by atoms with E-state index >= 15 is 0 Å². The van der Waals surface area contributed by atoms with Gasteiger partial charge in [-0.15, -0.1) is 0 Å². The van der Waals surface area contributed by atoms with Crippen LogP contribution in [0.2, 0.25) is 5.02 Å². The van der Waals surface area contributed by atoms with E-state index in [1.54, 1.807) is 12.3 Å². The Labute approximate surface area is 155 Å². The van der Waals surface area contributed by atoms with Crippen LogP contribution >= 0.6 is 23.4 Å². The predicted octanol–water partition coefficient (Wildman–Crippen LogP) is 5.29. The summed E-state index contributed by atoms with van der Waals surface area (Å²) in [6.07, 6.45) is 2.61. The maximum absolute atomic E-state index is 12.0. The van der Waals surface area contributed by atoms with Gasteiger partial charge >= 0.3 is 0 Å². The average Bonchev–Trinajstić information content (AvgIpc) is 3.10. The summed E-state index contributed by atoms with van der Waals surface area (Å²) in [5.41, 5.74) is 2.88. The molecule has 0 unspecified atom stereocenters. The highest BCUT2D eigenvalue weighted by molar-refractivity contribution is 7.99. The minimum Gasteiger partial charge on any atom is -0.431 e. The summed E-state index contributed by atoms with van der Waals surface area (Å²) in [5, 5.41) is 3.95. The number of benzene rings is 2. The van der Waals surface area contributed by atoms with Gasteiger partial charge in [0.2, 0.25) is 5.91 Å². The van der Waals surface area contributed by atoms with Crippen molar-refractivity contribution in [1.29, 1.82) is 0 Å². The molecule has 128 valence electrons. The summed E-state index contributed by atoms with van der Waals surface area (Å²) in [6, 6.07) is 15.2. The molecular weight excluding hydrogens is 356 g/mol. The molecule has 2 aromatic carbocycles. The number of aromatic nitrogens is 1. The topological polar surface area (TPSA) is 55.1 Å². The van der Waals surface area contributed by atoms with E-state index in [0.29, 0.717) is 16.0 Å². The normalized spacial score (nSPS) is 10.6. The number of hydrogen-bond acceptors (Lipinski definition) is 4. The number of thioether (sulfide) groups is 1. The van der Waals surface area contributed by atoms with Crippen molar-refractivity contribution in [1.82, 2.24) is 4.98 Å². The summed E-state index contributed by atoms with van der Waals surface area (Å²) < 4.78 is 5.67. The fourth-order valence-corrected chi connectivity index (χ4v) is 3.04. The molecule has 0 spiro atoms. The number of carbonyl (C=O) groups is 1. The lowest BCUT2D eigenvalue weighted by molar-refractivity contribution is -0.113. The van der Waals surface area contributed by atoms with Crippen LogP contribution in [0.4, 0.5) is 5.69 Å². The molecule has 25 heavy (non-hydrogen) atoms. The standard InChI is InChI=1S/C19H17ClN2O2S/c1-2-13-6-8-16(9-7-13)22-18(23)12-25-19-21-11-17(24-19)14-4-3-5-15(20)10-14/h3-11H,2,12H2,1H3,(H,22,23). The minimum atomic E-state index is -0.100. The molecule has 0 aliphatic heterocycles. The summed E-state index contributed by atoms with van der Waals surface area (Å²) in [4.78, 5) is 16.2. The molecule has 0 aliphatic carbocycles. The van der Waals surface area contributed by atoms with Crippen LogP contribution < -0.4 is 5.32 Å². The molecule has 4 nitrogen and oxygen atoms in total. The second-order valence-corrected chi connectivity index (χ2v) is 6.75. The lowest BCUT2D eigenvalue weighted by Gasteiger charge is -2.05. The Kier molecular flexibility index (Phi) is 5.79. The van der Waals surface area contributed by atoms with E-state index in [0.717, 1.165) is 17.7 Å². The molecule has 0 radical (unpaired) electrons. The first-order valence-electron chi connectivity index (χ1n) is 7.87. The van der Waals surface area contributed by atoms with Crippen LogP contribution in [0.25, 0.3) is 11.3 Å². The second kappa shape index (κ2) is 8.23. The average molecular weight is 373 g/mol. The lowest BCUT2D eigenvalue weighted by atomic mass is 10.1. The van der Waals surface area contributed by atoms with Crippen LogP contribution in [-0.2, 0) is 11.2 Å². The second-order valence-electron chi connectivity index (χ2n) is 5.39. The zero-order valence-corrected chi connectivity index (χ0v) is 15.2. The van der Waals surface area contributed by atoms with E-state index in [1.807, 2.05) is 42.5 Å². The summed E-state index contributed by atoms with van der Waals surface area (Å²) in [5.74, 6) is 0.753. The number of oxazole rings is 1. The first kappa shape index (κ1) is 17.6. The van der Waals surface area contributed by atoms with Gasteiger partial charge in [0.05, 0.1) is 11.9 Å². The Hall–Kier alpha value is -2.24. The lowest BCUT2D eigenvalue weighted by Crippen LogP contribution is -2.13. The van der Waals surface area contributed by atoms with Gasteiger partial charge in [0, 0.05) is 16.3 Å². The van der Waals surface area contributed by atoms with Gasteiger partial charge in [-0.2, -0.15) is 0 Å². The molecule has 0 aliphatic rings. The van der Waals surface area contributed by atoms with Crippen molar-refractivity contribution in [2.45, 2.75) is 18.6 Å². The SMILES string of the molecule is CCc1ccc(NC(=O)CSc2ncc(-c3cccc(Cl)c3)o2)cc1. The van der Waals surface area contributed by atoms with Crippen LogP contribution in [-0.4, -0.2) is 16.6 Å². The molecule has 6 heteroatoms. The van der Waals surface area contributed by atoms with E-state index in [9.17, 15) is 4.79 Å². The monoisotopic (exact) mass is 372 g/mol. The third-order valence-electron chi connectivity index (χ3n) is 3.57. The van der Waals surface area contributed by atoms with Crippen LogP contribution in [0, 0.1) is 0 Å². The number of aryl methyl sites for hydroxylation is 1. The number of nitrogens with one attached hydrogen (secondary N) is 1. The molecule has 0 bridgehead atoms. The summed E-state index contributed by atoms with van der Waals surface area (Å²) in [6.45, 7) is 2.10. The summed E-state index contributed by atoms with van der Waals surface area (Å²) >= 11 is 7.23. The van der Waals surface area contributed by atoms with E-state index in [1.165, 1.54) is 17.3 Å². The zero-order chi connectivity index (χ0) is 17.6. The molecule has 0 fully saturated rings.